The summed E-state index contributed by atoms with van der Waals surface area (Å²) in [5, 5.41) is 2.78. The predicted molar refractivity (Wildman–Crippen MR) is 137 cm³/mol. The average molecular weight is 558 g/mol. The van der Waals surface area contributed by atoms with E-state index in [1.165, 1.54) is 29.3 Å². The van der Waals surface area contributed by atoms with Crippen LogP contribution in [0, 0.1) is 0 Å². The molecule has 2 atom stereocenters. The van der Waals surface area contributed by atoms with Gasteiger partial charge in [-0.1, -0.05) is 12.1 Å². The molecule has 2 amide bonds. The number of rotatable bonds is 5. The summed E-state index contributed by atoms with van der Waals surface area (Å²) in [6, 6.07) is 5.72. The van der Waals surface area contributed by atoms with Crippen LogP contribution >= 0.6 is 0 Å². The predicted octanol–water partition coefficient (Wildman–Crippen LogP) is 4.11. The largest absolute Gasteiger partial charge is 0.461 e. The number of halogens is 3. The van der Waals surface area contributed by atoms with Gasteiger partial charge in [0.05, 0.1) is 30.1 Å². The van der Waals surface area contributed by atoms with E-state index >= 15 is 0 Å². The molecule has 0 radical (unpaired) electrons. The molecule has 14 heteroatoms. The van der Waals surface area contributed by atoms with Crippen molar-refractivity contribution < 1.29 is 32.2 Å². The van der Waals surface area contributed by atoms with Crippen molar-refractivity contribution in [2.45, 2.75) is 44.4 Å². The van der Waals surface area contributed by atoms with Crippen LogP contribution in [-0.2, 0) is 15.7 Å². The summed E-state index contributed by atoms with van der Waals surface area (Å²) >= 11 is 0. The summed E-state index contributed by atoms with van der Waals surface area (Å²) in [5.41, 5.74) is 0.0267. The first-order valence-corrected chi connectivity index (χ1v) is 12.7. The Morgan fingerprint density at radius 2 is 2.08 bits per heavy atom. The number of hydrogen-bond donors (Lipinski definition) is 1. The molecule has 2 bridgehead atoms. The number of urea groups is 1. The second kappa shape index (κ2) is 9.86. The number of alkyl halides is 3. The van der Waals surface area contributed by atoms with Gasteiger partial charge < -0.3 is 19.1 Å². The molecule has 0 saturated carbocycles. The molecule has 1 aromatic carbocycles. The smallest absolute Gasteiger partial charge is 0.416 e. The minimum atomic E-state index is -4.50. The van der Waals surface area contributed by atoms with E-state index in [0.717, 1.165) is 12.1 Å². The average Bonchev–Trinajstić information content (AvgIpc) is 3.50. The van der Waals surface area contributed by atoms with Gasteiger partial charge in [-0.3, -0.25) is 10.2 Å². The molecule has 5 heterocycles. The van der Waals surface area contributed by atoms with Crippen molar-refractivity contribution in [2.75, 3.05) is 41.4 Å². The molecule has 2 saturated heterocycles. The fourth-order valence-electron chi connectivity index (χ4n) is 5.01. The Kier molecular flexibility index (Phi) is 6.45. The van der Waals surface area contributed by atoms with Gasteiger partial charge in [-0.15, -0.1) is 0 Å². The van der Waals surface area contributed by atoms with Crippen molar-refractivity contribution in [3.8, 4) is 17.4 Å². The van der Waals surface area contributed by atoms with Crippen LogP contribution in [0.3, 0.4) is 0 Å². The molecule has 40 heavy (non-hydrogen) atoms. The topological polar surface area (TPSA) is 115 Å². The van der Waals surface area contributed by atoms with Crippen LogP contribution in [0.15, 0.2) is 42.7 Å². The van der Waals surface area contributed by atoms with Gasteiger partial charge in [0.2, 0.25) is 0 Å². The van der Waals surface area contributed by atoms with E-state index < -0.39 is 23.6 Å². The molecule has 1 N–H and O–H groups in total. The monoisotopic (exact) mass is 557 g/mol. The van der Waals surface area contributed by atoms with Crippen molar-refractivity contribution in [3.63, 3.8) is 0 Å². The molecule has 0 aliphatic carbocycles. The number of ether oxygens (including phenoxy) is 3. The lowest BCUT2D eigenvalue weighted by Crippen LogP contribution is -2.48. The zero-order valence-corrected chi connectivity index (χ0v) is 21.7. The third-order valence-corrected chi connectivity index (χ3v) is 6.85. The minimum Gasteiger partial charge on any atom is -0.461 e. The van der Waals surface area contributed by atoms with E-state index in [9.17, 15) is 18.0 Å². The number of nitrogens with one attached hydrogen (secondary N) is 1. The third-order valence-electron chi connectivity index (χ3n) is 6.85. The molecule has 210 valence electrons. The highest BCUT2D eigenvalue weighted by Crippen LogP contribution is 2.40. The van der Waals surface area contributed by atoms with Gasteiger partial charge >= 0.3 is 18.2 Å². The molecule has 6 rings (SSSR count). The number of anilines is 3. The van der Waals surface area contributed by atoms with Crippen molar-refractivity contribution in [2.24, 2.45) is 0 Å². The Hall–Kier alpha value is -4.04. The van der Waals surface area contributed by atoms with Gasteiger partial charge in [-0.05, 0) is 38.5 Å². The van der Waals surface area contributed by atoms with Crippen molar-refractivity contribution in [1.29, 1.82) is 0 Å². The molecule has 11 nitrogen and oxygen atoms in total. The summed E-state index contributed by atoms with van der Waals surface area (Å²) in [7, 11) is 0. The summed E-state index contributed by atoms with van der Waals surface area (Å²) in [6.45, 7) is 5.46. The lowest BCUT2D eigenvalue weighted by Gasteiger charge is -2.35. The standard InChI is InChI=1S/C26H26F3N7O4/c1-25(2)39-14-18(40-25)13-38-23-30-8-6-20(32-23)33-24(37)36-17-7-9-35(12-17)19-11-31-21(34-22(19)36)15-4-3-5-16(10-15)26(27,28)29/h3-6,8,10-11,17-18H,7,9,12-14H2,1-2H3,(H,30,32,33,37)/t17-,18?/m0/s1. The van der Waals surface area contributed by atoms with Gasteiger partial charge in [0.25, 0.3) is 0 Å². The Balaban J connectivity index is 1.22. The van der Waals surface area contributed by atoms with E-state index in [4.69, 9.17) is 14.2 Å². The van der Waals surface area contributed by atoms with Crippen LogP contribution in [0.25, 0.3) is 11.4 Å². The number of carbonyl (C=O) groups is 1. The maximum Gasteiger partial charge on any atom is 0.416 e. The van der Waals surface area contributed by atoms with Crippen molar-refractivity contribution in [1.82, 2.24) is 19.9 Å². The zero-order chi connectivity index (χ0) is 28.1. The third kappa shape index (κ3) is 5.23. The number of nitrogens with zero attached hydrogens (tertiary/aromatic N) is 6. The van der Waals surface area contributed by atoms with Crippen LogP contribution in [0.5, 0.6) is 6.01 Å². The van der Waals surface area contributed by atoms with Crippen LogP contribution < -0.4 is 19.9 Å². The van der Waals surface area contributed by atoms with Crippen LogP contribution in [-0.4, -0.2) is 70.2 Å². The number of fused-ring (bicyclic) bond motifs is 4. The first kappa shape index (κ1) is 26.2. The normalized spacial score (nSPS) is 21.3. The number of benzene rings is 1. The zero-order valence-electron chi connectivity index (χ0n) is 21.7. The molecule has 3 aliphatic heterocycles. The molecule has 3 aliphatic rings. The lowest BCUT2D eigenvalue weighted by molar-refractivity contribution is -0.141. The maximum atomic E-state index is 13.6. The minimum absolute atomic E-state index is 0.0614. The molecular formula is C26H26F3N7O4. The fourth-order valence-corrected chi connectivity index (χ4v) is 5.01. The number of amides is 2. The van der Waals surface area contributed by atoms with Gasteiger partial charge in [0.1, 0.15) is 18.5 Å². The van der Waals surface area contributed by atoms with E-state index in [1.807, 2.05) is 13.8 Å². The highest BCUT2D eigenvalue weighted by atomic mass is 19.4. The summed E-state index contributed by atoms with van der Waals surface area (Å²) in [5.74, 6) is -0.0621. The van der Waals surface area contributed by atoms with Crippen LogP contribution in [0.1, 0.15) is 25.8 Å². The Morgan fingerprint density at radius 3 is 2.85 bits per heavy atom. The quantitative estimate of drug-likeness (QED) is 0.495. The summed E-state index contributed by atoms with van der Waals surface area (Å²) in [4.78, 5) is 34.4. The molecule has 1 unspecified atom stereocenters. The number of carbonyl (C=O) groups excluding carboxylic acids is 1. The first-order chi connectivity index (χ1) is 19.1. The first-order valence-electron chi connectivity index (χ1n) is 12.7. The summed E-state index contributed by atoms with van der Waals surface area (Å²) < 4.78 is 56.8. The van der Waals surface area contributed by atoms with Crippen LogP contribution in [0.4, 0.5) is 35.3 Å². The second-order valence-electron chi connectivity index (χ2n) is 10.2. The maximum absolute atomic E-state index is 13.6. The van der Waals surface area contributed by atoms with Gasteiger partial charge in [0.15, 0.2) is 17.4 Å². The van der Waals surface area contributed by atoms with Crippen LogP contribution in [0.2, 0.25) is 0 Å². The molecule has 0 spiro atoms. The number of aromatic nitrogens is 4. The molecule has 2 aromatic heterocycles. The molecule has 2 fully saturated rings. The highest BCUT2D eigenvalue weighted by Gasteiger charge is 2.41. The second-order valence-corrected chi connectivity index (χ2v) is 10.2. The van der Waals surface area contributed by atoms with E-state index in [1.54, 1.807) is 6.20 Å². The lowest BCUT2D eigenvalue weighted by atomic mass is 10.1. The Bertz CT molecular complexity index is 1440. The van der Waals surface area contributed by atoms with Gasteiger partial charge in [-0.25, -0.2) is 19.7 Å². The van der Waals surface area contributed by atoms with E-state index in [-0.39, 0.29) is 42.0 Å². The van der Waals surface area contributed by atoms with E-state index in [0.29, 0.717) is 37.6 Å². The van der Waals surface area contributed by atoms with Crippen molar-refractivity contribution >= 4 is 23.4 Å². The fraction of sp³-hybridized carbons (Fsp3) is 0.423. The van der Waals surface area contributed by atoms with Gasteiger partial charge in [0, 0.05) is 24.8 Å². The molecular weight excluding hydrogens is 531 g/mol. The van der Waals surface area contributed by atoms with Crippen molar-refractivity contribution in [3.05, 3.63) is 48.3 Å². The van der Waals surface area contributed by atoms with E-state index in [2.05, 4.69) is 30.2 Å². The Labute approximate surface area is 227 Å². The summed E-state index contributed by atoms with van der Waals surface area (Å²) in [6.07, 6.45) is -1.08. The number of hydrogen-bond acceptors (Lipinski definition) is 9. The highest BCUT2D eigenvalue weighted by molar-refractivity contribution is 6.04. The molecule has 3 aromatic rings. The Morgan fingerprint density at radius 1 is 1.23 bits per heavy atom. The van der Waals surface area contributed by atoms with Gasteiger partial charge in [-0.2, -0.15) is 18.2 Å². The SMILES string of the molecule is CC1(C)OCC(COc2nccc(NC(=O)N3c4nc(-c5cccc(C(F)(F)F)c5)ncc4N4CC[C@H]3C4)n2)O1.